The van der Waals surface area contributed by atoms with Crippen molar-refractivity contribution in [2.45, 2.75) is 0 Å². The molecule has 84 valence electrons. The van der Waals surface area contributed by atoms with Gasteiger partial charge in [0, 0.05) is 15.3 Å². The Bertz CT molecular complexity index is 689. The van der Waals surface area contributed by atoms with Crippen LogP contribution in [0.15, 0.2) is 48.7 Å². The van der Waals surface area contributed by atoms with E-state index in [0.717, 1.165) is 15.0 Å². The van der Waals surface area contributed by atoms with Crippen LogP contribution in [0.25, 0.3) is 16.9 Å². The number of hydrogen-bond acceptors (Lipinski definition) is 1. The first-order valence-electron chi connectivity index (χ1n) is 5.14. The van der Waals surface area contributed by atoms with Gasteiger partial charge in [-0.1, -0.05) is 18.2 Å². The van der Waals surface area contributed by atoms with Gasteiger partial charge in [0.05, 0.1) is 0 Å². The van der Waals surface area contributed by atoms with Gasteiger partial charge in [-0.3, -0.25) is 4.40 Å². The fourth-order valence-corrected chi connectivity index (χ4v) is 3.17. The number of hydrogen-bond donors (Lipinski definition) is 0. The quantitative estimate of drug-likeness (QED) is 0.513. The summed E-state index contributed by atoms with van der Waals surface area (Å²) in [6.45, 7) is 0. The summed E-state index contributed by atoms with van der Waals surface area (Å²) in [6.07, 6.45) is 2.04. The summed E-state index contributed by atoms with van der Waals surface area (Å²) in [6, 6.07) is 14.5. The molecule has 0 spiro atoms. The molecule has 17 heavy (non-hydrogen) atoms. The highest BCUT2D eigenvalue weighted by Crippen LogP contribution is 2.26. The zero-order chi connectivity index (χ0) is 11.8. The van der Waals surface area contributed by atoms with Gasteiger partial charge >= 0.3 is 0 Å². The average Bonchev–Trinajstić information content (AvgIpc) is 2.68. The Balaban J connectivity index is 2.27. The van der Waals surface area contributed by atoms with Gasteiger partial charge < -0.3 is 0 Å². The van der Waals surface area contributed by atoms with Crippen molar-refractivity contribution in [2.24, 2.45) is 0 Å². The van der Waals surface area contributed by atoms with Crippen LogP contribution in [0.3, 0.4) is 0 Å². The van der Waals surface area contributed by atoms with Crippen LogP contribution in [0.4, 0.5) is 0 Å². The van der Waals surface area contributed by atoms with E-state index in [1.165, 1.54) is 9.13 Å². The van der Waals surface area contributed by atoms with Crippen LogP contribution in [0.1, 0.15) is 0 Å². The molecule has 0 bridgehead atoms. The van der Waals surface area contributed by atoms with Crippen molar-refractivity contribution in [2.75, 3.05) is 0 Å². The maximum Gasteiger partial charge on any atom is 0.138 e. The van der Waals surface area contributed by atoms with Crippen LogP contribution in [-0.2, 0) is 0 Å². The van der Waals surface area contributed by atoms with Crippen molar-refractivity contribution < 1.29 is 0 Å². The maximum atomic E-state index is 4.68. The first-order chi connectivity index (χ1) is 8.25. The first-order valence-corrected chi connectivity index (χ1v) is 7.30. The Morgan fingerprint density at radius 2 is 1.88 bits per heavy atom. The second-order valence-corrected chi connectivity index (χ2v) is 5.96. The topological polar surface area (TPSA) is 17.3 Å². The number of rotatable bonds is 1. The molecule has 0 radical (unpaired) electrons. The van der Waals surface area contributed by atoms with Gasteiger partial charge in [0.25, 0.3) is 0 Å². The standard InChI is InChI=1S/C13H8I2N2/c14-10-5-3-4-9(8-10)12-13(15)17-7-2-1-6-11(17)16-12/h1-8H. The molecule has 2 heterocycles. The fraction of sp³-hybridized carbons (Fsp3) is 0. The molecule has 0 saturated carbocycles. The van der Waals surface area contributed by atoms with Crippen LogP contribution in [-0.4, -0.2) is 9.38 Å². The molecule has 1 aromatic carbocycles. The van der Waals surface area contributed by atoms with E-state index >= 15 is 0 Å². The van der Waals surface area contributed by atoms with Crippen molar-refractivity contribution in [3.8, 4) is 11.3 Å². The minimum absolute atomic E-state index is 0.991. The number of nitrogens with zero attached hydrogens (tertiary/aromatic N) is 2. The third kappa shape index (κ3) is 2.08. The van der Waals surface area contributed by atoms with Gasteiger partial charge in [-0.2, -0.15) is 0 Å². The minimum Gasteiger partial charge on any atom is -0.294 e. The van der Waals surface area contributed by atoms with Gasteiger partial charge in [-0.15, -0.1) is 0 Å². The molecule has 0 fully saturated rings. The summed E-state index contributed by atoms with van der Waals surface area (Å²) in [7, 11) is 0. The van der Waals surface area contributed by atoms with E-state index in [1.54, 1.807) is 0 Å². The molecule has 4 heteroatoms. The maximum absolute atomic E-state index is 4.68. The average molecular weight is 446 g/mol. The fourth-order valence-electron chi connectivity index (χ4n) is 1.79. The van der Waals surface area contributed by atoms with Crippen molar-refractivity contribution in [3.05, 3.63) is 55.9 Å². The van der Waals surface area contributed by atoms with Gasteiger partial charge in [0.1, 0.15) is 15.0 Å². The monoisotopic (exact) mass is 446 g/mol. The zero-order valence-electron chi connectivity index (χ0n) is 8.77. The van der Waals surface area contributed by atoms with Crippen molar-refractivity contribution in [1.82, 2.24) is 9.38 Å². The molecular weight excluding hydrogens is 438 g/mol. The second kappa shape index (κ2) is 4.56. The number of halogens is 2. The highest BCUT2D eigenvalue weighted by Gasteiger charge is 2.10. The van der Waals surface area contributed by atoms with E-state index in [-0.39, 0.29) is 0 Å². The molecule has 0 aliphatic rings. The van der Waals surface area contributed by atoms with Crippen LogP contribution >= 0.6 is 45.2 Å². The largest absolute Gasteiger partial charge is 0.294 e. The molecule has 0 N–H and O–H groups in total. The Morgan fingerprint density at radius 3 is 2.65 bits per heavy atom. The number of pyridine rings is 1. The molecule has 0 atom stereocenters. The van der Waals surface area contributed by atoms with Crippen LogP contribution < -0.4 is 0 Å². The number of benzene rings is 1. The summed E-state index contributed by atoms with van der Waals surface area (Å²) >= 11 is 4.67. The van der Waals surface area contributed by atoms with E-state index in [0.29, 0.717) is 0 Å². The lowest BCUT2D eigenvalue weighted by molar-refractivity contribution is 1.15. The predicted octanol–water partition coefficient (Wildman–Crippen LogP) is 4.21. The van der Waals surface area contributed by atoms with Gasteiger partial charge in [-0.05, 0) is 69.4 Å². The lowest BCUT2D eigenvalue weighted by Gasteiger charge is -1.98. The summed E-state index contributed by atoms with van der Waals surface area (Å²) in [4.78, 5) is 4.68. The summed E-state index contributed by atoms with van der Waals surface area (Å²) in [5.41, 5.74) is 3.21. The van der Waals surface area contributed by atoms with E-state index in [4.69, 9.17) is 0 Å². The van der Waals surface area contributed by atoms with E-state index < -0.39 is 0 Å². The van der Waals surface area contributed by atoms with Gasteiger partial charge in [0.15, 0.2) is 0 Å². The molecule has 0 aliphatic heterocycles. The van der Waals surface area contributed by atoms with Crippen LogP contribution in [0.5, 0.6) is 0 Å². The first kappa shape index (κ1) is 11.5. The molecular formula is C13H8I2N2. The zero-order valence-corrected chi connectivity index (χ0v) is 13.1. The number of aromatic nitrogens is 2. The summed E-state index contributed by atoms with van der Waals surface area (Å²) in [5.74, 6) is 0. The Labute approximate surface area is 126 Å². The van der Waals surface area contributed by atoms with E-state index in [1.807, 2.05) is 24.4 Å². The van der Waals surface area contributed by atoms with Gasteiger partial charge in [-0.25, -0.2) is 4.98 Å². The van der Waals surface area contributed by atoms with E-state index in [9.17, 15) is 0 Å². The highest BCUT2D eigenvalue weighted by atomic mass is 127. The van der Waals surface area contributed by atoms with Crippen LogP contribution in [0.2, 0.25) is 0 Å². The lowest BCUT2D eigenvalue weighted by atomic mass is 10.2. The molecule has 0 aliphatic carbocycles. The highest BCUT2D eigenvalue weighted by molar-refractivity contribution is 14.1. The molecule has 0 saturated heterocycles. The number of fused-ring (bicyclic) bond motifs is 1. The van der Waals surface area contributed by atoms with Gasteiger partial charge in [0.2, 0.25) is 0 Å². The van der Waals surface area contributed by atoms with E-state index in [2.05, 4.69) is 78.8 Å². The van der Waals surface area contributed by atoms with Crippen molar-refractivity contribution >= 4 is 50.8 Å². The third-order valence-corrected chi connectivity index (χ3v) is 4.27. The van der Waals surface area contributed by atoms with Crippen LogP contribution in [0, 0.1) is 7.27 Å². The minimum atomic E-state index is 0.991. The molecule has 3 rings (SSSR count). The van der Waals surface area contributed by atoms with Crippen molar-refractivity contribution in [1.29, 1.82) is 0 Å². The summed E-state index contributed by atoms with van der Waals surface area (Å²) in [5, 5.41) is 0. The molecule has 2 nitrogen and oxygen atoms in total. The Hall–Kier alpha value is -0.630. The smallest absolute Gasteiger partial charge is 0.138 e. The third-order valence-electron chi connectivity index (χ3n) is 2.57. The molecule has 0 unspecified atom stereocenters. The SMILES string of the molecule is Ic1cccc(-c2nc3ccccn3c2I)c1. The summed E-state index contributed by atoms with van der Waals surface area (Å²) < 4.78 is 4.49. The van der Waals surface area contributed by atoms with Crippen molar-refractivity contribution in [3.63, 3.8) is 0 Å². The predicted molar refractivity (Wildman–Crippen MR) is 86.1 cm³/mol. The normalized spacial score (nSPS) is 10.9. The number of imidazole rings is 1. The lowest BCUT2D eigenvalue weighted by Crippen LogP contribution is -1.86. The Kier molecular flexibility index (Phi) is 3.08. The molecule has 2 aromatic heterocycles. The molecule has 3 aromatic rings. The molecule has 0 amide bonds. The Morgan fingerprint density at radius 1 is 1.00 bits per heavy atom. The second-order valence-electron chi connectivity index (χ2n) is 3.69.